The minimum atomic E-state index is -0.649. The molecule has 1 aliphatic rings. The van der Waals surface area contributed by atoms with Crippen LogP contribution in [0.5, 0.6) is 0 Å². The molecule has 1 aromatic heterocycles. The lowest BCUT2D eigenvalue weighted by atomic mass is 9.79. The predicted molar refractivity (Wildman–Crippen MR) is 97.4 cm³/mol. The van der Waals surface area contributed by atoms with Gasteiger partial charge in [-0.05, 0) is 25.3 Å². The monoisotopic (exact) mass is 326 g/mol. The Morgan fingerprint density at radius 3 is 2.71 bits per heavy atom. The van der Waals surface area contributed by atoms with Crippen molar-refractivity contribution in [3.8, 4) is 0 Å². The molecule has 5 nitrogen and oxygen atoms in total. The molecule has 3 rings (SSSR count). The maximum atomic E-state index is 10.8. The minimum absolute atomic E-state index is 0.173. The Morgan fingerprint density at radius 2 is 2.00 bits per heavy atom. The summed E-state index contributed by atoms with van der Waals surface area (Å²) in [5.41, 5.74) is 0.616. The van der Waals surface area contributed by atoms with E-state index >= 15 is 0 Å². The van der Waals surface area contributed by atoms with Crippen molar-refractivity contribution in [1.29, 1.82) is 0 Å². The molecule has 1 saturated heterocycles. The second-order valence-corrected chi connectivity index (χ2v) is 7.07. The summed E-state index contributed by atoms with van der Waals surface area (Å²) in [6.45, 7) is 3.57. The largest absolute Gasteiger partial charge is 0.390 e. The van der Waals surface area contributed by atoms with E-state index in [0.29, 0.717) is 0 Å². The van der Waals surface area contributed by atoms with Crippen LogP contribution >= 0.6 is 0 Å². The van der Waals surface area contributed by atoms with E-state index in [1.165, 1.54) is 5.56 Å². The number of benzene rings is 1. The summed E-state index contributed by atoms with van der Waals surface area (Å²) in [6.07, 6.45) is 3.23. The fourth-order valence-electron chi connectivity index (χ4n) is 3.27. The number of anilines is 2. The fraction of sp³-hybridized carbons (Fsp3) is 0.474. The van der Waals surface area contributed by atoms with Gasteiger partial charge < -0.3 is 14.9 Å². The molecule has 0 unspecified atom stereocenters. The first-order valence-corrected chi connectivity index (χ1v) is 8.46. The van der Waals surface area contributed by atoms with E-state index < -0.39 is 5.60 Å². The highest BCUT2D eigenvalue weighted by atomic mass is 16.3. The van der Waals surface area contributed by atoms with Crippen LogP contribution in [0.25, 0.3) is 0 Å². The SMILES string of the molecule is CN(C)c1cc(N2CC[C@@](C)(O)[C@@H](Cc3ccccc3)C2)ncn1. The molecule has 0 bridgehead atoms. The Labute approximate surface area is 144 Å². The summed E-state index contributed by atoms with van der Waals surface area (Å²) in [5.74, 6) is 2.01. The van der Waals surface area contributed by atoms with Gasteiger partial charge in [-0.2, -0.15) is 0 Å². The van der Waals surface area contributed by atoms with Crippen molar-refractivity contribution < 1.29 is 5.11 Å². The normalized spacial score (nSPS) is 24.0. The van der Waals surface area contributed by atoms with Crippen LogP contribution in [0, 0.1) is 5.92 Å². The Balaban J connectivity index is 1.79. The third kappa shape index (κ3) is 3.67. The zero-order valence-corrected chi connectivity index (χ0v) is 14.7. The number of hydrogen-bond donors (Lipinski definition) is 1. The van der Waals surface area contributed by atoms with E-state index in [1.54, 1.807) is 6.33 Å². The van der Waals surface area contributed by atoms with E-state index in [-0.39, 0.29) is 5.92 Å². The topological polar surface area (TPSA) is 52.5 Å². The summed E-state index contributed by atoms with van der Waals surface area (Å²) in [7, 11) is 3.95. The van der Waals surface area contributed by atoms with Gasteiger partial charge in [-0.25, -0.2) is 9.97 Å². The van der Waals surface area contributed by atoms with Crippen LogP contribution in [-0.2, 0) is 6.42 Å². The van der Waals surface area contributed by atoms with Gasteiger partial charge in [-0.1, -0.05) is 30.3 Å². The zero-order chi connectivity index (χ0) is 17.2. The molecule has 5 heteroatoms. The van der Waals surface area contributed by atoms with Crippen LogP contribution in [0.1, 0.15) is 18.9 Å². The van der Waals surface area contributed by atoms with E-state index in [9.17, 15) is 5.11 Å². The Morgan fingerprint density at radius 1 is 1.25 bits per heavy atom. The molecule has 1 N–H and O–H groups in total. The van der Waals surface area contributed by atoms with Crippen molar-refractivity contribution in [2.75, 3.05) is 37.0 Å². The smallest absolute Gasteiger partial charge is 0.134 e. The molecule has 1 aromatic carbocycles. The molecule has 0 saturated carbocycles. The molecule has 0 radical (unpaired) electrons. The Bertz CT molecular complexity index is 672. The van der Waals surface area contributed by atoms with E-state index in [0.717, 1.165) is 37.6 Å². The maximum Gasteiger partial charge on any atom is 0.134 e. The van der Waals surface area contributed by atoms with E-state index in [4.69, 9.17) is 0 Å². The summed E-state index contributed by atoms with van der Waals surface area (Å²) >= 11 is 0. The van der Waals surface area contributed by atoms with Crippen LogP contribution in [0.15, 0.2) is 42.7 Å². The van der Waals surface area contributed by atoms with Crippen molar-refractivity contribution in [3.05, 3.63) is 48.3 Å². The van der Waals surface area contributed by atoms with Gasteiger partial charge in [0.05, 0.1) is 5.60 Å². The molecule has 1 fully saturated rings. The summed E-state index contributed by atoms with van der Waals surface area (Å²) in [5, 5.41) is 10.8. The number of aromatic nitrogens is 2. The molecule has 0 amide bonds. The van der Waals surface area contributed by atoms with Crippen molar-refractivity contribution in [2.45, 2.75) is 25.4 Å². The molecule has 2 aromatic rings. The summed E-state index contributed by atoms with van der Waals surface area (Å²) in [4.78, 5) is 13.0. The summed E-state index contributed by atoms with van der Waals surface area (Å²) < 4.78 is 0. The van der Waals surface area contributed by atoms with Crippen molar-refractivity contribution >= 4 is 11.6 Å². The molecule has 2 heterocycles. The van der Waals surface area contributed by atoms with Gasteiger partial charge in [0, 0.05) is 39.2 Å². The van der Waals surface area contributed by atoms with Gasteiger partial charge >= 0.3 is 0 Å². The average Bonchev–Trinajstić information content (AvgIpc) is 2.58. The second-order valence-electron chi connectivity index (χ2n) is 7.07. The van der Waals surface area contributed by atoms with Crippen LogP contribution in [-0.4, -0.2) is 47.9 Å². The van der Waals surface area contributed by atoms with Crippen molar-refractivity contribution in [1.82, 2.24) is 9.97 Å². The van der Waals surface area contributed by atoms with Gasteiger partial charge in [0.25, 0.3) is 0 Å². The number of hydrogen-bond acceptors (Lipinski definition) is 5. The predicted octanol–water partition coefficient (Wildman–Crippen LogP) is 2.36. The molecule has 24 heavy (non-hydrogen) atoms. The maximum absolute atomic E-state index is 10.8. The third-order valence-electron chi connectivity index (χ3n) is 4.95. The highest BCUT2D eigenvalue weighted by Crippen LogP contribution is 2.32. The highest BCUT2D eigenvalue weighted by Gasteiger charge is 2.38. The van der Waals surface area contributed by atoms with Crippen LogP contribution in [0.3, 0.4) is 0 Å². The van der Waals surface area contributed by atoms with Gasteiger partial charge in [-0.15, -0.1) is 0 Å². The van der Waals surface area contributed by atoms with E-state index in [2.05, 4.69) is 39.1 Å². The lowest BCUT2D eigenvalue weighted by Crippen LogP contribution is -2.51. The lowest BCUT2D eigenvalue weighted by molar-refractivity contribution is -0.0168. The molecule has 1 aliphatic heterocycles. The number of nitrogens with zero attached hydrogens (tertiary/aromatic N) is 4. The van der Waals surface area contributed by atoms with Gasteiger partial charge in [-0.3, -0.25) is 0 Å². The number of aliphatic hydroxyl groups is 1. The first-order chi connectivity index (χ1) is 11.5. The molecular formula is C19H26N4O. The molecule has 0 spiro atoms. The molecule has 0 aliphatic carbocycles. The van der Waals surface area contributed by atoms with Crippen molar-refractivity contribution in [3.63, 3.8) is 0 Å². The fourth-order valence-corrected chi connectivity index (χ4v) is 3.27. The van der Waals surface area contributed by atoms with Gasteiger partial charge in [0.2, 0.25) is 0 Å². The molecule has 2 atom stereocenters. The molecule has 128 valence electrons. The number of rotatable bonds is 4. The first kappa shape index (κ1) is 16.7. The lowest BCUT2D eigenvalue weighted by Gasteiger charge is -2.43. The standard InChI is InChI=1S/C19H26N4O/c1-19(24)9-10-23(18-12-17(22(2)3)20-14-21-18)13-16(19)11-15-7-5-4-6-8-15/h4-8,12,14,16,24H,9-11,13H2,1-3H3/t16-,19+/m0/s1. The van der Waals surface area contributed by atoms with Gasteiger partial charge in [0.15, 0.2) is 0 Å². The van der Waals surface area contributed by atoms with Gasteiger partial charge in [0.1, 0.15) is 18.0 Å². The van der Waals surface area contributed by atoms with Crippen LogP contribution in [0.4, 0.5) is 11.6 Å². The highest BCUT2D eigenvalue weighted by molar-refractivity contribution is 5.49. The van der Waals surface area contributed by atoms with E-state index in [1.807, 2.05) is 38.1 Å². The Kier molecular flexibility index (Phi) is 4.71. The summed E-state index contributed by atoms with van der Waals surface area (Å²) in [6, 6.07) is 12.4. The average molecular weight is 326 g/mol. The quantitative estimate of drug-likeness (QED) is 0.935. The minimum Gasteiger partial charge on any atom is -0.390 e. The first-order valence-electron chi connectivity index (χ1n) is 8.46. The molecular weight excluding hydrogens is 300 g/mol. The number of piperidine rings is 1. The van der Waals surface area contributed by atoms with Crippen LogP contribution < -0.4 is 9.80 Å². The van der Waals surface area contributed by atoms with Crippen molar-refractivity contribution in [2.24, 2.45) is 5.92 Å². The third-order valence-corrected chi connectivity index (χ3v) is 4.95. The zero-order valence-electron chi connectivity index (χ0n) is 14.7. The van der Waals surface area contributed by atoms with Crippen LogP contribution in [0.2, 0.25) is 0 Å². The second kappa shape index (κ2) is 6.77. The Hall–Kier alpha value is -2.14.